The quantitative estimate of drug-likeness (QED) is 0.699. The lowest BCUT2D eigenvalue weighted by molar-refractivity contribution is -0.118. The highest BCUT2D eigenvalue weighted by atomic mass is 19.1. The zero-order valence-corrected chi connectivity index (χ0v) is 16.2. The van der Waals surface area contributed by atoms with Crippen molar-refractivity contribution in [2.45, 2.75) is 19.9 Å². The molecule has 152 valence electrons. The van der Waals surface area contributed by atoms with Gasteiger partial charge >= 0.3 is 6.03 Å². The number of halogens is 1. The fourth-order valence-corrected chi connectivity index (χ4v) is 3.05. The van der Waals surface area contributed by atoms with Crippen LogP contribution in [-0.2, 0) is 4.79 Å². The molecule has 3 N–H and O–H groups in total. The third-order valence-corrected chi connectivity index (χ3v) is 4.62. The first-order chi connectivity index (χ1) is 13.8. The lowest BCUT2D eigenvalue weighted by Crippen LogP contribution is -2.47. The summed E-state index contributed by atoms with van der Waals surface area (Å²) in [4.78, 5) is 38.6. The van der Waals surface area contributed by atoms with Crippen molar-refractivity contribution >= 4 is 29.2 Å². The van der Waals surface area contributed by atoms with Gasteiger partial charge in [-0.2, -0.15) is 0 Å². The summed E-state index contributed by atoms with van der Waals surface area (Å²) in [7, 11) is 0. The summed E-state index contributed by atoms with van der Waals surface area (Å²) >= 11 is 0. The first-order valence-corrected chi connectivity index (χ1v) is 9.38. The molecule has 7 nitrogen and oxygen atoms in total. The smallest absolute Gasteiger partial charge is 0.321 e. The Morgan fingerprint density at radius 3 is 2.48 bits per heavy atom. The molecule has 29 heavy (non-hydrogen) atoms. The van der Waals surface area contributed by atoms with Crippen LogP contribution in [0.5, 0.6) is 0 Å². The highest BCUT2D eigenvalue weighted by molar-refractivity contribution is 6.02. The molecule has 1 heterocycles. The van der Waals surface area contributed by atoms with Gasteiger partial charge in [0.15, 0.2) is 0 Å². The van der Waals surface area contributed by atoms with E-state index in [9.17, 15) is 18.8 Å². The predicted molar refractivity (Wildman–Crippen MR) is 108 cm³/mol. The number of benzene rings is 2. The zero-order valence-electron chi connectivity index (χ0n) is 16.2. The van der Waals surface area contributed by atoms with Crippen molar-refractivity contribution in [3.05, 3.63) is 59.9 Å². The Labute approximate surface area is 168 Å². The molecule has 0 bridgehead atoms. The van der Waals surface area contributed by atoms with Crippen molar-refractivity contribution in [3.8, 4) is 0 Å². The van der Waals surface area contributed by atoms with Crippen LogP contribution in [0.2, 0.25) is 0 Å². The van der Waals surface area contributed by atoms with Gasteiger partial charge in [-0.1, -0.05) is 19.9 Å². The Balaban J connectivity index is 1.70. The summed E-state index contributed by atoms with van der Waals surface area (Å²) in [5, 5.41) is 8.23. The third kappa shape index (κ3) is 4.90. The van der Waals surface area contributed by atoms with Gasteiger partial charge in [-0.3, -0.25) is 14.5 Å². The van der Waals surface area contributed by atoms with E-state index in [0.29, 0.717) is 24.5 Å². The lowest BCUT2D eigenvalue weighted by Gasteiger charge is -2.22. The second kappa shape index (κ2) is 8.72. The minimum Gasteiger partial charge on any atom is -0.340 e. The molecule has 1 unspecified atom stereocenters. The molecule has 1 fully saturated rings. The number of anilines is 2. The molecular formula is C21H23FN4O3. The van der Waals surface area contributed by atoms with Gasteiger partial charge in [-0.25, -0.2) is 9.18 Å². The van der Waals surface area contributed by atoms with Crippen LogP contribution < -0.4 is 20.9 Å². The van der Waals surface area contributed by atoms with Crippen LogP contribution in [0.1, 0.15) is 24.2 Å². The average Bonchev–Trinajstić information content (AvgIpc) is 3.12. The van der Waals surface area contributed by atoms with Gasteiger partial charge < -0.3 is 16.0 Å². The summed E-state index contributed by atoms with van der Waals surface area (Å²) in [6.07, 6.45) is 0. The largest absolute Gasteiger partial charge is 0.340 e. The number of hydrogen-bond acceptors (Lipinski definition) is 3. The van der Waals surface area contributed by atoms with Crippen LogP contribution in [0.25, 0.3) is 0 Å². The van der Waals surface area contributed by atoms with E-state index in [1.165, 1.54) is 24.3 Å². The van der Waals surface area contributed by atoms with Crippen molar-refractivity contribution < 1.29 is 18.8 Å². The maximum Gasteiger partial charge on any atom is 0.321 e. The minimum absolute atomic E-state index is 0.174. The first kappa shape index (κ1) is 20.3. The SMILES string of the molecule is CC(C)C(NC(=O)c1ccc(F)cc1)C(=O)Nc1cccc(N2CCNC2=O)c1. The van der Waals surface area contributed by atoms with E-state index in [1.54, 1.807) is 29.2 Å². The summed E-state index contributed by atoms with van der Waals surface area (Å²) < 4.78 is 13.1. The Bertz CT molecular complexity index is 914. The van der Waals surface area contributed by atoms with Crippen LogP contribution in [0.3, 0.4) is 0 Å². The van der Waals surface area contributed by atoms with Crippen LogP contribution in [0.15, 0.2) is 48.5 Å². The first-order valence-electron chi connectivity index (χ1n) is 9.38. The second-order valence-corrected chi connectivity index (χ2v) is 7.13. The highest BCUT2D eigenvalue weighted by Crippen LogP contribution is 2.21. The zero-order chi connectivity index (χ0) is 21.0. The molecule has 0 saturated carbocycles. The molecule has 1 saturated heterocycles. The van der Waals surface area contributed by atoms with E-state index < -0.39 is 17.8 Å². The fourth-order valence-electron chi connectivity index (χ4n) is 3.05. The normalized spacial score (nSPS) is 14.5. The molecule has 0 aromatic heterocycles. The molecular weight excluding hydrogens is 375 g/mol. The maximum atomic E-state index is 13.1. The standard InChI is InChI=1S/C21H23FN4O3/c1-13(2)18(25-19(27)14-6-8-15(22)9-7-14)20(28)24-16-4-3-5-17(12-16)26-11-10-23-21(26)29/h3-9,12-13,18H,10-11H2,1-2H3,(H,23,29)(H,24,28)(H,25,27). The van der Waals surface area contributed by atoms with Crippen molar-refractivity contribution in [2.24, 2.45) is 5.92 Å². The fraction of sp³-hybridized carbons (Fsp3) is 0.286. The van der Waals surface area contributed by atoms with Gasteiger partial charge in [0.25, 0.3) is 5.91 Å². The monoisotopic (exact) mass is 398 g/mol. The number of rotatable bonds is 6. The molecule has 8 heteroatoms. The van der Waals surface area contributed by atoms with Crippen LogP contribution >= 0.6 is 0 Å². The van der Waals surface area contributed by atoms with Crippen molar-refractivity contribution in [1.29, 1.82) is 0 Å². The molecule has 1 aliphatic heterocycles. The molecule has 2 aromatic rings. The molecule has 2 aromatic carbocycles. The Hall–Kier alpha value is -3.42. The minimum atomic E-state index is -0.786. The van der Waals surface area contributed by atoms with Crippen molar-refractivity contribution in [2.75, 3.05) is 23.3 Å². The van der Waals surface area contributed by atoms with E-state index >= 15 is 0 Å². The molecule has 1 atom stereocenters. The number of carbonyl (C=O) groups is 3. The van der Waals surface area contributed by atoms with Gasteiger partial charge in [0, 0.05) is 30.0 Å². The van der Waals surface area contributed by atoms with Crippen LogP contribution in [0.4, 0.5) is 20.6 Å². The number of urea groups is 1. The topological polar surface area (TPSA) is 90.5 Å². The third-order valence-electron chi connectivity index (χ3n) is 4.62. The van der Waals surface area contributed by atoms with Crippen LogP contribution in [0, 0.1) is 11.7 Å². The van der Waals surface area contributed by atoms with Gasteiger partial charge in [-0.15, -0.1) is 0 Å². The lowest BCUT2D eigenvalue weighted by atomic mass is 10.0. The molecule has 0 aliphatic carbocycles. The second-order valence-electron chi connectivity index (χ2n) is 7.13. The van der Waals surface area contributed by atoms with Gasteiger partial charge in [0.2, 0.25) is 5.91 Å². The Morgan fingerprint density at radius 1 is 1.14 bits per heavy atom. The molecule has 3 rings (SSSR count). The van der Waals surface area contributed by atoms with Gasteiger partial charge in [0.05, 0.1) is 0 Å². The number of carbonyl (C=O) groups excluding carboxylic acids is 3. The Kier molecular flexibility index (Phi) is 6.11. The van der Waals surface area contributed by atoms with E-state index in [2.05, 4.69) is 16.0 Å². The Morgan fingerprint density at radius 2 is 1.86 bits per heavy atom. The summed E-state index contributed by atoms with van der Waals surface area (Å²) in [5.41, 5.74) is 1.47. The summed E-state index contributed by atoms with van der Waals surface area (Å²) in [5.74, 6) is -1.45. The number of nitrogens with one attached hydrogen (secondary N) is 3. The van der Waals surface area contributed by atoms with Crippen LogP contribution in [-0.4, -0.2) is 37.0 Å². The molecule has 1 aliphatic rings. The van der Waals surface area contributed by atoms with Gasteiger partial charge in [-0.05, 0) is 48.4 Å². The number of amides is 4. The van der Waals surface area contributed by atoms with E-state index in [0.717, 1.165) is 0 Å². The van der Waals surface area contributed by atoms with Crippen molar-refractivity contribution in [3.63, 3.8) is 0 Å². The molecule has 0 spiro atoms. The van der Waals surface area contributed by atoms with E-state index in [4.69, 9.17) is 0 Å². The predicted octanol–water partition coefficient (Wildman–Crippen LogP) is 2.75. The number of nitrogens with zero attached hydrogens (tertiary/aromatic N) is 1. The van der Waals surface area contributed by atoms with E-state index in [1.807, 2.05) is 13.8 Å². The molecule has 4 amide bonds. The maximum absolute atomic E-state index is 13.1. The van der Waals surface area contributed by atoms with Gasteiger partial charge in [0.1, 0.15) is 11.9 Å². The summed E-state index contributed by atoms with van der Waals surface area (Å²) in [6.45, 7) is 4.76. The number of hydrogen-bond donors (Lipinski definition) is 3. The van der Waals surface area contributed by atoms with Crippen molar-refractivity contribution in [1.82, 2.24) is 10.6 Å². The average molecular weight is 398 g/mol. The van der Waals surface area contributed by atoms with E-state index in [-0.39, 0.29) is 23.4 Å². The highest BCUT2D eigenvalue weighted by Gasteiger charge is 2.26. The molecule has 0 radical (unpaired) electrons. The summed E-state index contributed by atoms with van der Waals surface area (Å²) in [6, 6.07) is 11.1.